The highest BCUT2D eigenvalue weighted by atomic mass is 32.2. The lowest BCUT2D eigenvalue weighted by molar-refractivity contribution is -0.115. The minimum Gasteiger partial charge on any atom is -0.343 e. The molecule has 0 aliphatic carbocycles. The second-order valence-electron chi connectivity index (χ2n) is 7.61. The molecule has 9 heteroatoms. The number of anilines is 1. The fourth-order valence-electron chi connectivity index (χ4n) is 3.54. The zero-order chi connectivity index (χ0) is 22.6. The first kappa shape index (κ1) is 22.9. The van der Waals surface area contributed by atoms with E-state index in [9.17, 15) is 22.4 Å². The Morgan fingerprint density at radius 1 is 1.03 bits per heavy atom. The number of carbonyl (C=O) groups excluding carboxylic acids is 2. The van der Waals surface area contributed by atoms with Gasteiger partial charge in [-0.15, -0.1) is 0 Å². The number of piperidine rings is 1. The van der Waals surface area contributed by atoms with E-state index in [0.29, 0.717) is 18.8 Å². The van der Waals surface area contributed by atoms with Crippen molar-refractivity contribution in [2.75, 3.05) is 25.0 Å². The first-order valence-electron chi connectivity index (χ1n) is 10.1. The summed E-state index contributed by atoms with van der Waals surface area (Å²) in [5.74, 6) is -1.99. The molecule has 31 heavy (non-hydrogen) atoms. The predicted molar refractivity (Wildman–Crippen MR) is 116 cm³/mol. The normalized spacial score (nSPS) is 14.8. The van der Waals surface area contributed by atoms with E-state index in [1.165, 1.54) is 10.4 Å². The van der Waals surface area contributed by atoms with Gasteiger partial charge in [-0.2, -0.15) is 4.31 Å². The Morgan fingerprint density at radius 3 is 2.32 bits per heavy atom. The molecule has 3 rings (SSSR count). The number of sulfonamides is 1. The van der Waals surface area contributed by atoms with Crippen molar-refractivity contribution in [2.45, 2.75) is 38.0 Å². The van der Waals surface area contributed by atoms with E-state index in [-0.39, 0.29) is 12.1 Å². The van der Waals surface area contributed by atoms with Gasteiger partial charge in [-0.3, -0.25) is 9.59 Å². The van der Waals surface area contributed by atoms with Crippen molar-refractivity contribution < 1.29 is 22.4 Å². The number of hydrogen-bond donors (Lipinski definition) is 2. The molecular weight excluding hydrogens is 421 g/mol. The van der Waals surface area contributed by atoms with E-state index >= 15 is 0 Å². The summed E-state index contributed by atoms with van der Waals surface area (Å²) in [5.41, 5.74) is 2.44. The number of carbonyl (C=O) groups is 2. The summed E-state index contributed by atoms with van der Waals surface area (Å²) in [6, 6.07) is 8.80. The lowest BCUT2D eigenvalue weighted by atomic mass is 10.1. The Bertz CT molecular complexity index is 1080. The van der Waals surface area contributed by atoms with Gasteiger partial charge in [0.2, 0.25) is 15.9 Å². The third kappa shape index (κ3) is 5.29. The number of nitrogens with zero attached hydrogens (tertiary/aromatic N) is 1. The number of aryl methyl sites for hydroxylation is 2. The molecule has 0 saturated carbocycles. The minimum atomic E-state index is -4.03. The molecular formula is C22H26FN3O4S. The van der Waals surface area contributed by atoms with E-state index in [1.807, 2.05) is 32.0 Å². The van der Waals surface area contributed by atoms with Crippen LogP contribution < -0.4 is 10.6 Å². The van der Waals surface area contributed by atoms with Crippen LogP contribution in [-0.2, 0) is 14.8 Å². The van der Waals surface area contributed by atoms with Crippen LogP contribution in [0.3, 0.4) is 0 Å². The molecule has 1 aliphatic heterocycles. The molecule has 2 amide bonds. The van der Waals surface area contributed by atoms with Gasteiger partial charge in [-0.05, 0) is 56.0 Å². The Balaban J connectivity index is 1.69. The minimum absolute atomic E-state index is 0.0307. The summed E-state index contributed by atoms with van der Waals surface area (Å²) in [4.78, 5) is 24.2. The lowest BCUT2D eigenvalue weighted by Gasteiger charge is -2.26. The quantitative estimate of drug-likeness (QED) is 0.712. The highest BCUT2D eigenvalue weighted by Crippen LogP contribution is 2.24. The van der Waals surface area contributed by atoms with Crippen molar-refractivity contribution in [2.24, 2.45) is 0 Å². The number of amides is 2. The standard InChI is InChI=1S/C22H26FN3O4S/c1-15-7-6-8-16(2)21(15)25-20(27)14-24-22(28)17-9-10-18(23)19(13-17)31(29,30)26-11-4-3-5-12-26/h6-10,13H,3-5,11-12,14H2,1-2H3,(H,24,28)(H,25,27). The molecule has 1 aliphatic rings. The lowest BCUT2D eigenvalue weighted by Crippen LogP contribution is -2.36. The van der Waals surface area contributed by atoms with Gasteiger partial charge in [0.1, 0.15) is 10.7 Å². The maximum Gasteiger partial charge on any atom is 0.251 e. The Kier molecular flexibility index (Phi) is 7.07. The molecule has 0 unspecified atom stereocenters. The van der Waals surface area contributed by atoms with Gasteiger partial charge in [0.25, 0.3) is 5.91 Å². The largest absolute Gasteiger partial charge is 0.343 e. The zero-order valence-electron chi connectivity index (χ0n) is 17.6. The van der Waals surface area contributed by atoms with Crippen molar-refractivity contribution in [3.63, 3.8) is 0 Å². The van der Waals surface area contributed by atoms with E-state index < -0.39 is 32.6 Å². The highest BCUT2D eigenvalue weighted by molar-refractivity contribution is 7.89. The van der Waals surface area contributed by atoms with Crippen LogP contribution in [0.2, 0.25) is 0 Å². The van der Waals surface area contributed by atoms with E-state index in [0.717, 1.165) is 42.5 Å². The molecule has 7 nitrogen and oxygen atoms in total. The van der Waals surface area contributed by atoms with Gasteiger partial charge in [-0.1, -0.05) is 24.6 Å². The molecule has 0 atom stereocenters. The number of hydrogen-bond acceptors (Lipinski definition) is 4. The molecule has 0 radical (unpaired) electrons. The van der Waals surface area contributed by atoms with Crippen molar-refractivity contribution in [1.29, 1.82) is 0 Å². The predicted octanol–water partition coefficient (Wildman–Crippen LogP) is 2.99. The van der Waals surface area contributed by atoms with Gasteiger partial charge in [-0.25, -0.2) is 12.8 Å². The van der Waals surface area contributed by atoms with Gasteiger partial charge in [0, 0.05) is 24.3 Å². The summed E-state index contributed by atoms with van der Waals surface area (Å²) < 4.78 is 41.2. The molecule has 1 saturated heterocycles. The fourth-order valence-corrected chi connectivity index (χ4v) is 5.15. The molecule has 0 bridgehead atoms. The van der Waals surface area contributed by atoms with Gasteiger partial charge in [0.05, 0.1) is 6.54 Å². The smallest absolute Gasteiger partial charge is 0.251 e. The fraction of sp³-hybridized carbons (Fsp3) is 0.364. The molecule has 166 valence electrons. The maximum atomic E-state index is 14.3. The van der Waals surface area contributed by atoms with Crippen LogP contribution in [0.4, 0.5) is 10.1 Å². The van der Waals surface area contributed by atoms with Crippen LogP contribution in [0, 0.1) is 19.7 Å². The van der Waals surface area contributed by atoms with Crippen LogP contribution in [0.5, 0.6) is 0 Å². The van der Waals surface area contributed by atoms with Crippen molar-refractivity contribution >= 4 is 27.5 Å². The molecule has 2 aromatic rings. The zero-order valence-corrected chi connectivity index (χ0v) is 18.4. The molecule has 2 N–H and O–H groups in total. The molecule has 0 spiro atoms. The molecule has 1 heterocycles. The van der Waals surface area contributed by atoms with Gasteiger partial charge >= 0.3 is 0 Å². The number of halogens is 1. The second-order valence-corrected chi connectivity index (χ2v) is 9.51. The van der Waals surface area contributed by atoms with Crippen molar-refractivity contribution in [3.05, 3.63) is 58.9 Å². The van der Waals surface area contributed by atoms with E-state index in [4.69, 9.17) is 0 Å². The average Bonchev–Trinajstić information content (AvgIpc) is 2.75. The van der Waals surface area contributed by atoms with Gasteiger partial charge < -0.3 is 10.6 Å². The van der Waals surface area contributed by atoms with Crippen LogP contribution in [0.1, 0.15) is 40.7 Å². The second kappa shape index (κ2) is 9.57. The SMILES string of the molecule is Cc1cccc(C)c1NC(=O)CNC(=O)c1ccc(F)c(S(=O)(=O)N2CCCCC2)c1. The number of benzene rings is 2. The monoisotopic (exact) mass is 447 g/mol. The van der Waals surface area contributed by atoms with Crippen molar-refractivity contribution in [1.82, 2.24) is 9.62 Å². The molecule has 1 fully saturated rings. The van der Waals surface area contributed by atoms with Gasteiger partial charge in [0.15, 0.2) is 0 Å². The highest BCUT2D eigenvalue weighted by Gasteiger charge is 2.29. The first-order valence-corrected chi connectivity index (χ1v) is 11.6. The van der Waals surface area contributed by atoms with Crippen molar-refractivity contribution in [3.8, 4) is 0 Å². The topological polar surface area (TPSA) is 95.6 Å². The Labute approximate surface area is 181 Å². The number of rotatable bonds is 6. The summed E-state index contributed by atoms with van der Waals surface area (Å²) in [5, 5.41) is 5.21. The third-order valence-corrected chi connectivity index (χ3v) is 7.19. The molecule has 0 aromatic heterocycles. The average molecular weight is 448 g/mol. The Morgan fingerprint density at radius 2 is 1.68 bits per heavy atom. The number of para-hydroxylation sites is 1. The number of nitrogens with one attached hydrogen (secondary N) is 2. The first-order chi connectivity index (χ1) is 14.7. The summed E-state index contributed by atoms with van der Waals surface area (Å²) in [7, 11) is -4.03. The maximum absolute atomic E-state index is 14.3. The van der Waals surface area contributed by atoms with Crippen LogP contribution >= 0.6 is 0 Å². The summed E-state index contributed by atoms with van der Waals surface area (Å²) in [6.45, 7) is 4.08. The van der Waals surface area contributed by atoms with Crippen LogP contribution in [0.15, 0.2) is 41.3 Å². The molecule has 2 aromatic carbocycles. The Hall–Kier alpha value is -2.78. The van der Waals surface area contributed by atoms with Crippen LogP contribution in [0.25, 0.3) is 0 Å². The van der Waals surface area contributed by atoms with E-state index in [1.54, 1.807) is 0 Å². The summed E-state index contributed by atoms with van der Waals surface area (Å²) in [6.07, 6.45) is 2.37. The van der Waals surface area contributed by atoms with Crippen LogP contribution in [-0.4, -0.2) is 44.2 Å². The third-order valence-electron chi connectivity index (χ3n) is 5.28. The summed E-state index contributed by atoms with van der Waals surface area (Å²) >= 11 is 0. The van der Waals surface area contributed by atoms with E-state index in [2.05, 4.69) is 10.6 Å².